The monoisotopic (exact) mass is 254 g/mol. The van der Waals surface area contributed by atoms with Crippen molar-refractivity contribution in [3.05, 3.63) is 29.8 Å². The van der Waals surface area contributed by atoms with Crippen LogP contribution in [-0.4, -0.2) is 12.4 Å². The molecule has 0 aliphatic heterocycles. The minimum atomic E-state index is 0.373. The van der Waals surface area contributed by atoms with Crippen LogP contribution >= 0.6 is 15.9 Å². The van der Waals surface area contributed by atoms with Crippen molar-refractivity contribution in [3.8, 4) is 5.75 Å². The van der Waals surface area contributed by atoms with Crippen LogP contribution in [0, 0.1) is 5.92 Å². The first kappa shape index (κ1) is 10.0. The summed E-state index contributed by atoms with van der Waals surface area (Å²) < 4.78 is 5.23. The number of alkyl halides is 1. The first-order valence-electron chi connectivity index (χ1n) is 4.91. The van der Waals surface area contributed by atoms with Crippen molar-refractivity contribution < 1.29 is 4.74 Å². The molecule has 0 saturated heterocycles. The third-order valence-corrected chi connectivity index (χ3v) is 4.11. The van der Waals surface area contributed by atoms with Gasteiger partial charge >= 0.3 is 0 Å². The maximum atomic E-state index is 5.23. The maximum absolute atomic E-state index is 5.23. The summed E-state index contributed by atoms with van der Waals surface area (Å²) in [6.45, 7) is 2.33. The van der Waals surface area contributed by atoms with E-state index in [-0.39, 0.29) is 0 Å². The summed E-state index contributed by atoms with van der Waals surface area (Å²) in [5.74, 6) is 1.75. The molecule has 0 bridgehead atoms. The maximum Gasteiger partial charge on any atom is 0.119 e. The molecular formula is C12H15BrO. The number of rotatable bonds is 3. The molecule has 0 radical (unpaired) electrons. The van der Waals surface area contributed by atoms with Crippen molar-refractivity contribution in [2.24, 2.45) is 5.92 Å². The van der Waals surface area contributed by atoms with E-state index in [4.69, 9.17) is 4.74 Å². The van der Waals surface area contributed by atoms with Crippen LogP contribution in [0.5, 0.6) is 5.75 Å². The summed E-state index contributed by atoms with van der Waals surface area (Å²) in [5.41, 5.74) is 1.78. The Morgan fingerprint density at radius 2 is 2.36 bits per heavy atom. The highest BCUT2D eigenvalue weighted by molar-refractivity contribution is 9.09. The zero-order valence-electron chi connectivity index (χ0n) is 8.59. The van der Waals surface area contributed by atoms with Gasteiger partial charge in [0.25, 0.3) is 0 Å². The quantitative estimate of drug-likeness (QED) is 0.752. The van der Waals surface area contributed by atoms with E-state index in [1.807, 2.05) is 6.07 Å². The summed E-state index contributed by atoms with van der Waals surface area (Å²) in [6, 6.07) is 8.43. The molecule has 2 unspecified atom stereocenters. The smallest absolute Gasteiger partial charge is 0.119 e. The van der Waals surface area contributed by atoms with Crippen LogP contribution < -0.4 is 4.74 Å². The molecule has 1 fully saturated rings. The van der Waals surface area contributed by atoms with Gasteiger partial charge in [0.15, 0.2) is 0 Å². The highest BCUT2D eigenvalue weighted by atomic mass is 79.9. The molecule has 1 saturated carbocycles. The molecule has 0 aromatic heterocycles. The summed E-state index contributed by atoms with van der Waals surface area (Å²) >= 11 is 3.55. The Bertz CT molecular complexity index is 337. The highest BCUT2D eigenvalue weighted by Gasteiger charge is 2.50. The molecule has 14 heavy (non-hydrogen) atoms. The van der Waals surface area contributed by atoms with E-state index in [9.17, 15) is 0 Å². The second kappa shape index (κ2) is 3.58. The molecule has 1 aliphatic carbocycles. The Balaban J connectivity index is 2.25. The van der Waals surface area contributed by atoms with Crippen LogP contribution in [-0.2, 0) is 5.41 Å². The van der Waals surface area contributed by atoms with E-state index < -0.39 is 0 Å². The van der Waals surface area contributed by atoms with Gasteiger partial charge in [-0.1, -0.05) is 35.0 Å². The number of benzene rings is 1. The van der Waals surface area contributed by atoms with Gasteiger partial charge in [0.05, 0.1) is 7.11 Å². The molecule has 0 spiro atoms. The Morgan fingerprint density at radius 3 is 2.93 bits per heavy atom. The van der Waals surface area contributed by atoms with Gasteiger partial charge in [0.2, 0.25) is 0 Å². The van der Waals surface area contributed by atoms with Gasteiger partial charge in [-0.05, 0) is 35.4 Å². The van der Waals surface area contributed by atoms with E-state index in [1.165, 1.54) is 12.0 Å². The Kier molecular flexibility index (Phi) is 2.56. The Hall–Kier alpha value is -0.500. The molecule has 0 N–H and O–H groups in total. The minimum Gasteiger partial charge on any atom is -0.497 e. The zero-order valence-corrected chi connectivity index (χ0v) is 10.2. The van der Waals surface area contributed by atoms with E-state index in [0.29, 0.717) is 5.41 Å². The molecule has 1 aromatic rings. The molecule has 0 heterocycles. The van der Waals surface area contributed by atoms with E-state index in [1.54, 1.807) is 7.11 Å². The molecule has 2 heteroatoms. The molecule has 1 aromatic carbocycles. The van der Waals surface area contributed by atoms with E-state index in [2.05, 4.69) is 41.1 Å². The Labute approximate surface area is 93.6 Å². The zero-order chi connectivity index (χ0) is 10.2. The van der Waals surface area contributed by atoms with Gasteiger partial charge in [0.1, 0.15) is 5.75 Å². The van der Waals surface area contributed by atoms with Crippen LogP contribution in [0.1, 0.15) is 18.9 Å². The van der Waals surface area contributed by atoms with Gasteiger partial charge in [-0.15, -0.1) is 0 Å². The largest absolute Gasteiger partial charge is 0.497 e. The standard InChI is InChI=1S/C12H15BrO/c1-12(7-10(12)8-13)9-4-3-5-11(6-9)14-2/h3-6,10H,7-8H2,1-2H3. The molecule has 1 nitrogen and oxygen atoms in total. The van der Waals surface area contributed by atoms with Gasteiger partial charge in [-0.25, -0.2) is 0 Å². The van der Waals surface area contributed by atoms with Crippen LogP contribution in [0.3, 0.4) is 0 Å². The summed E-state index contributed by atoms with van der Waals surface area (Å²) in [5, 5.41) is 1.10. The number of hydrogen-bond acceptors (Lipinski definition) is 1. The number of hydrogen-bond donors (Lipinski definition) is 0. The fraction of sp³-hybridized carbons (Fsp3) is 0.500. The van der Waals surface area contributed by atoms with Crippen molar-refractivity contribution in [3.63, 3.8) is 0 Å². The lowest BCUT2D eigenvalue weighted by atomic mass is 9.96. The lowest BCUT2D eigenvalue weighted by Gasteiger charge is -2.12. The molecule has 1 aliphatic rings. The lowest BCUT2D eigenvalue weighted by molar-refractivity contribution is 0.413. The van der Waals surface area contributed by atoms with Crippen LogP contribution in [0.4, 0.5) is 0 Å². The summed E-state index contributed by atoms with van der Waals surface area (Å²) in [6.07, 6.45) is 1.28. The average Bonchev–Trinajstić information content (AvgIpc) is 2.92. The molecular weight excluding hydrogens is 240 g/mol. The molecule has 0 amide bonds. The van der Waals surface area contributed by atoms with Crippen molar-refractivity contribution in [1.29, 1.82) is 0 Å². The molecule has 2 rings (SSSR count). The van der Waals surface area contributed by atoms with Crippen molar-refractivity contribution in [2.75, 3.05) is 12.4 Å². The molecule has 2 atom stereocenters. The SMILES string of the molecule is COc1cccc(C2(C)CC2CBr)c1. The third-order valence-electron chi connectivity index (χ3n) is 3.33. The van der Waals surface area contributed by atoms with Crippen LogP contribution in [0.25, 0.3) is 0 Å². The van der Waals surface area contributed by atoms with E-state index >= 15 is 0 Å². The van der Waals surface area contributed by atoms with Gasteiger partial charge in [-0.2, -0.15) is 0 Å². The van der Waals surface area contributed by atoms with Crippen molar-refractivity contribution in [1.82, 2.24) is 0 Å². The fourth-order valence-corrected chi connectivity index (χ4v) is 2.95. The van der Waals surface area contributed by atoms with Gasteiger partial charge in [0, 0.05) is 5.33 Å². The summed E-state index contributed by atoms with van der Waals surface area (Å²) in [4.78, 5) is 0. The first-order valence-corrected chi connectivity index (χ1v) is 6.03. The second-order valence-corrected chi connectivity index (χ2v) is 4.85. The van der Waals surface area contributed by atoms with Gasteiger partial charge in [-0.3, -0.25) is 0 Å². The average molecular weight is 255 g/mol. The van der Waals surface area contributed by atoms with Gasteiger partial charge < -0.3 is 4.74 Å². The topological polar surface area (TPSA) is 9.23 Å². The van der Waals surface area contributed by atoms with Crippen LogP contribution in [0.2, 0.25) is 0 Å². The number of ether oxygens (including phenoxy) is 1. The highest BCUT2D eigenvalue weighted by Crippen LogP contribution is 2.54. The lowest BCUT2D eigenvalue weighted by Crippen LogP contribution is -2.05. The fourth-order valence-electron chi connectivity index (χ4n) is 2.01. The van der Waals surface area contributed by atoms with Crippen LogP contribution in [0.15, 0.2) is 24.3 Å². The van der Waals surface area contributed by atoms with E-state index in [0.717, 1.165) is 17.0 Å². The Morgan fingerprint density at radius 1 is 1.57 bits per heavy atom. The normalized spacial score (nSPS) is 30.1. The second-order valence-electron chi connectivity index (χ2n) is 4.20. The third kappa shape index (κ3) is 1.56. The minimum absolute atomic E-state index is 0.373. The summed E-state index contributed by atoms with van der Waals surface area (Å²) in [7, 11) is 1.72. The van der Waals surface area contributed by atoms with Crippen molar-refractivity contribution in [2.45, 2.75) is 18.8 Å². The molecule has 76 valence electrons. The number of methoxy groups -OCH3 is 1. The van der Waals surface area contributed by atoms with Crippen molar-refractivity contribution >= 4 is 15.9 Å². The first-order chi connectivity index (χ1) is 6.70. The predicted octanol–water partition coefficient (Wildman–Crippen LogP) is 3.37. The number of halogens is 1. The predicted molar refractivity (Wildman–Crippen MR) is 62.2 cm³/mol.